The topological polar surface area (TPSA) is 75.8 Å². The average Bonchev–Trinajstić information content (AvgIpc) is 2.40. The third kappa shape index (κ3) is 2.58. The number of amides is 1. The number of hydrogen-bond donors (Lipinski definition) is 2. The van der Waals surface area contributed by atoms with E-state index in [1.54, 1.807) is 23.1 Å². The molecule has 98 valence electrons. The smallest absolute Gasteiger partial charge is 0.255 e. The number of nitrogens with two attached hydrogens (primary N) is 1. The van der Waals surface area contributed by atoms with E-state index in [1.807, 2.05) is 0 Å². The van der Waals surface area contributed by atoms with Crippen LogP contribution in [-0.4, -0.2) is 48.3 Å². The van der Waals surface area contributed by atoms with Gasteiger partial charge in [-0.2, -0.15) is 0 Å². The van der Waals surface area contributed by atoms with Crippen molar-refractivity contribution in [2.24, 2.45) is 0 Å². The molecule has 0 aliphatic carbocycles. The van der Waals surface area contributed by atoms with Crippen molar-refractivity contribution in [2.75, 3.05) is 32.1 Å². The summed E-state index contributed by atoms with van der Waals surface area (Å²) in [6.07, 6.45) is 0. The first-order valence-electron chi connectivity index (χ1n) is 5.68. The van der Waals surface area contributed by atoms with Crippen LogP contribution < -0.4 is 5.73 Å². The molecule has 1 aromatic rings. The van der Waals surface area contributed by atoms with E-state index < -0.39 is 0 Å². The lowest BCUT2D eigenvalue weighted by Gasteiger charge is -2.34. The first-order valence-corrected chi connectivity index (χ1v) is 6.06. The van der Waals surface area contributed by atoms with E-state index in [0.29, 0.717) is 36.0 Å². The van der Waals surface area contributed by atoms with Gasteiger partial charge >= 0.3 is 0 Å². The SMILES string of the molecule is Nc1ccc(Cl)c(C(=O)N2CCOCC2CO)c1. The summed E-state index contributed by atoms with van der Waals surface area (Å²) in [7, 11) is 0. The van der Waals surface area contributed by atoms with Gasteiger partial charge < -0.3 is 20.5 Å². The van der Waals surface area contributed by atoms with Crippen molar-refractivity contribution in [1.82, 2.24) is 4.90 Å². The van der Waals surface area contributed by atoms with Crippen LogP contribution in [0.5, 0.6) is 0 Å². The van der Waals surface area contributed by atoms with Crippen molar-refractivity contribution in [1.29, 1.82) is 0 Å². The van der Waals surface area contributed by atoms with Crippen LogP contribution in [0, 0.1) is 0 Å². The lowest BCUT2D eigenvalue weighted by atomic mass is 10.1. The van der Waals surface area contributed by atoms with Crippen molar-refractivity contribution >= 4 is 23.2 Å². The number of halogens is 1. The minimum atomic E-state index is -0.330. The number of benzene rings is 1. The molecule has 1 aromatic carbocycles. The van der Waals surface area contributed by atoms with Gasteiger partial charge in [0, 0.05) is 12.2 Å². The molecule has 1 aliphatic heterocycles. The van der Waals surface area contributed by atoms with Crippen LogP contribution in [0.1, 0.15) is 10.4 Å². The number of carbonyl (C=O) groups excluding carboxylic acids is 1. The van der Waals surface area contributed by atoms with E-state index in [9.17, 15) is 9.90 Å². The third-order valence-electron chi connectivity index (χ3n) is 2.92. The van der Waals surface area contributed by atoms with Gasteiger partial charge in [-0.3, -0.25) is 4.79 Å². The highest BCUT2D eigenvalue weighted by Crippen LogP contribution is 2.22. The molecule has 2 rings (SSSR count). The number of carbonyl (C=O) groups is 1. The average molecular weight is 271 g/mol. The fraction of sp³-hybridized carbons (Fsp3) is 0.417. The Kier molecular flexibility index (Phi) is 4.06. The van der Waals surface area contributed by atoms with E-state index in [1.165, 1.54) is 0 Å². The van der Waals surface area contributed by atoms with Crippen LogP contribution in [0.4, 0.5) is 5.69 Å². The van der Waals surface area contributed by atoms with E-state index >= 15 is 0 Å². The molecule has 1 aliphatic rings. The highest BCUT2D eigenvalue weighted by molar-refractivity contribution is 6.34. The summed E-state index contributed by atoms with van der Waals surface area (Å²) in [5.41, 5.74) is 6.50. The first kappa shape index (κ1) is 13.1. The Morgan fingerprint density at radius 2 is 2.39 bits per heavy atom. The number of ether oxygens (including phenoxy) is 1. The Balaban J connectivity index is 2.26. The molecule has 0 bridgehead atoms. The van der Waals surface area contributed by atoms with Crippen LogP contribution in [0.2, 0.25) is 5.02 Å². The summed E-state index contributed by atoms with van der Waals surface area (Å²) in [5.74, 6) is -0.227. The number of morpholine rings is 1. The normalized spacial score (nSPS) is 19.9. The number of nitrogen functional groups attached to an aromatic ring is 1. The molecule has 0 radical (unpaired) electrons. The van der Waals surface area contributed by atoms with Gasteiger partial charge in [0.1, 0.15) is 0 Å². The number of nitrogens with zero attached hydrogens (tertiary/aromatic N) is 1. The summed E-state index contributed by atoms with van der Waals surface area (Å²) >= 11 is 6.00. The van der Waals surface area contributed by atoms with E-state index in [0.717, 1.165) is 0 Å². The monoisotopic (exact) mass is 270 g/mol. The van der Waals surface area contributed by atoms with Crippen LogP contribution in [-0.2, 0) is 4.74 Å². The molecule has 6 heteroatoms. The number of hydrogen-bond acceptors (Lipinski definition) is 4. The number of rotatable bonds is 2. The van der Waals surface area contributed by atoms with E-state index in [2.05, 4.69) is 0 Å². The molecule has 18 heavy (non-hydrogen) atoms. The van der Waals surface area contributed by atoms with Gasteiger partial charge in [0.25, 0.3) is 5.91 Å². The second-order valence-corrected chi connectivity index (χ2v) is 4.56. The van der Waals surface area contributed by atoms with Crippen LogP contribution >= 0.6 is 11.6 Å². The van der Waals surface area contributed by atoms with Gasteiger partial charge in [-0.15, -0.1) is 0 Å². The minimum Gasteiger partial charge on any atom is -0.399 e. The fourth-order valence-electron chi connectivity index (χ4n) is 1.93. The van der Waals surface area contributed by atoms with Crippen LogP contribution in [0.25, 0.3) is 0 Å². The molecule has 1 heterocycles. The summed E-state index contributed by atoms with van der Waals surface area (Å²) in [6.45, 7) is 1.10. The standard InChI is InChI=1S/C12H15ClN2O3/c13-11-2-1-8(14)5-10(11)12(17)15-3-4-18-7-9(15)6-16/h1-2,5,9,16H,3-4,6-7,14H2. The summed E-state index contributed by atoms with van der Waals surface area (Å²) < 4.78 is 5.23. The molecule has 0 aromatic heterocycles. The van der Waals surface area contributed by atoms with Crippen molar-refractivity contribution in [3.05, 3.63) is 28.8 Å². The zero-order chi connectivity index (χ0) is 13.1. The number of aliphatic hydroxyl groups is 1. The molecular weight excluding hydrogens is 256 g/mol. The Bertz CT molecular complexity index is 453. The summed E-state index contributed by atoms with van der Waals surface area (Å²) in [5, 5.41) is 9.61. The largest absolute Gasteiger partial charge is 0.399 e. The Labute approximate surface area is 110 Å². The highest BCUT2D eigenvalue weighted by atomic mass is 35.5. The third-order valence-corrected chi connectivity index (χ3v) is 3.25. The maximum atomic E-state index is 12.4. The zero-order valence-corrected chi connectivity index (χ0v) is 10.6. The molecule has 0 spiro atoms. The quantitative estimate of drug-likeness (QED) is 0.778. The molecule has 1 fully saturated rings. The van der Waals surface area contributed by atoms with Crippen molar-refractivity contribution in [3.63, 3.8) is 0 Å². The molecule has 3 N–H and O–H groups in total. The number of aliphatic hydroxyl groups excluding tert-OH is 1. The maximum Gasteiger partial charge on any atom is 0.255 e. The maximum absolute atomic E-state index is 12.4. The predicted molar refractivity (Wildman–Crippen MR) is 68.6 cm³/mol. The first-order chi connectivity index (χ1) is 8.63. The fourth-order valence-corrected chi connectivity index (χ4v) is 2.13. The van der Waals surface area contributed by atoms with Gasteiger partial charge in [-0.1, -0.05) is 11.6 Å². The Hall–Kier alpha value is -1.30. The Morgan fingerprint density at radius 3 is 3.11 bits per heavy atom. The summed E-state index contributed by atoms with van der Waals surface area (Å²) in [6, 6.07) is 4.46. The second kappa shape index (κ2) is 5.56. The molecule has 5 nitrogen and oxygen atoms in total. The second-order valence-electron chi connectivity index (χ2n) is 4.15. The lowest BCUT2D eigenvalue weighted by molar-refractivity contribution is -0.0183. The molecule has 1 saturated heterocycles. The molecule has 1 amide bonds. The zero-order valence-electron chi connectivity index (χ0n) is 9.80. The van der Waals surface area contributed by atoms with Crippen LogP contribution in [0.15, 0.2) is 18.2 Å². The molecular formula is C12H15ClN2O3. The molecule has 0 saturated carbocycles. The lowest BCUT2D eigenvalue weighted by Crippen LogP contribution is -2.50. The minimum absolute atomic E-state index is 0.133. The molecule has 1 atom stereocenters. The van der Waals surface area contributed by atoms with Gasteiger partial charge in [-0.05, 0) is 18.2 Å². The van der Waals surface area contributed by atoms with E-state index in [-0.39, 0.29) is 18.6 Å². The van der Waals surface area contributed by atoms with Gasteiger partial charge in [-0.25, -0.2) is 0 Å². The molecule has 1 unspecified atom stereocenters. The number of anilines is 1. The van der Waals surface area contributed by atoms with Crippen molar-refractivity contribution in [3.8, 4) is 0 Å². The summed E-state index contributed by atoms with van der Waals surface area (Å²) in [4.78, 5) is 13.9. The van der Waals surface area contributed by atoms with Crippen LogP contribution in [0.3, 0.4) is 0 Å². The van der Waals surface area contributed by atoms with Gasteiger partial charge in [0.15, 0.2) is 0 Å². The van der Waals surface area contributed by atoms with Crippen molar-refractivity contribution < 1.29 is 14.6 Å². The van der Waals surface area contributed by atoms with Crippen molar-refractivity contribution in [2.45, 2.75) is 6.04 Å². The van der Waals surface area contributed by atoms with Gasteiger partial charge in [0.2, 0.25) is 0 Å². The van der Waals surface area contributed by atoms with Gasteiger partial charge in [0.05, 0.1) is 36.4 Å². The van der Waals surface area contributed by atoms with E-state index in [4.69, 9.17) is 22.1 Å². The predicted octanol–water partition coefficient (Wildman–Crippen LogP) is 0.756. The Morgan fingerprint density at radius 1 is 1.61 bits per heavy atom. The highest BCUT2D eigenvalue weighted by Gasteiger charge is 2.28.